The molecule has 0 aliphatic carbocycles. The van der Waals surface area contributed by atoms with Gasteiger partial charge in [0.25, 0.3) is 0 Å². The maximum atomic E-state index is 4.52. The van der Waals surface area contributed by atoms with Crippen molar-refractivity contribution in [2.24, 2.45) is 0 Å². The third-order valence-corrected chi connectivity index (χ3v) is 3.95. The molecule has 94 valence electrons. The van der Waals surface area contributed by atoms with Crippen molar-refractivity contribution in [3.63, 3.8) is 0 Å². The Hall–Kier alpha value is -1.13. The summed E-state index contributed by atoms with van der Waals surface area (Å²) < 4.78 is 3.42. The van der Waals surface area contributed by atoms with E-state index in [1.807, 2.05) is 12.3 Å². The van der Waals surface area contributed by atoms with Crippen LogP contribution in [0, 0.1) is 0 Å². The van der Waals surface area contributed by atoms with Crippen molar-refractivity contribution in [1.29, 1.82) is 0 Å². The molecule has 3 rings (SSSR count). The molecule has 1 aliphatic rings. The van der Waals surface area contributed by atoms with Crippen LogP contribution >= 0.6 is 15.9 Å². The molecule has 1 aliphatic heterocycles. The Balaban J connectivity index is 1.95. The second-order valence-electron chi connectivity index (χ2n) is 4.65. The van der Waals surface area contributed by atoms with E-state index in [2.05, 4.69) is 55.2 Å². The average molecular weight is 306 g/mol. The van der Waals surface area contributed by atoms with Gasteiger partial charge in [-0.25, -0.2) is 4.98 Å². The Bertz CT molecular complexity index is 529. The minimum Gasteiger partial charge on any atom is -0.328 e. The number of imidazole rings is 1. The van der Waals surface area contributed by atoms with Gasteiger partial charge in [0.2, 0.25) is 0 Å². The Morgan fingerprint density at radius 3 is 2.89 bits per heavy atom. The minimum atomic E-state index is 0.572. The molecule has 1 aromatic heterocycles. The van der Waals surface area contributed by atoms with Crippen molar-refractivity contribution >= 4 is 15.9 Å². The summed E-state index contributed by atoms with van der Waals surface area (Å²) >= 11 is 3.52. The number of nitrogens with one attached hydrogen (secondary N) is 1. The molecule has 0 saturated carbocycles. The second kappa shape index (κ2) is 5.24. The molecule has 1 fully saturated rings. The zero-order valence-corrected chi connectivity index (χ0v) is 11.7. The number of nitrogens with zero attached hydrogens (tertiary/aromatic N) is 2. The highest BCUT2D eigenvalue weighted by Crippen LogP contribution is 2.27. The molecule has 2 aromatic rings. The zero-order valence-electron chi connectivity index (χ0n) is 10.1. The van der Waals surface area contributed by atoms with Crippen molar-refractivity contribution in [2.45, 2.75) is 18.9 Å². The SMILES string of the molecule is Brc1cccc(-c2nccn2C2CCNCC2)c1. The third-order valence-electron chi connectivity index (χ3n) is 3.45. The van der Waals surface area contributed by atoms with Crippen LogP contribution in [0.2, 0.25) is 0 Å². The van der Waals surface area contributed by atoms with Crippen LogP contribution in [0.3, 0.4) is 0 Å². The van der Waals surface area contributed by atoms with Gasteiger partial charge in [0.1, 0.15) is 5.82 Å². The van der Waals surface area contributed by atoms with Crippen LogP contribution in [0.5, 0.6) is 0 Å². The number of halogens is 1. The molecule has 0 unspecified atom stereocenters. The summed E-state index contributed by atoms with van der Waals surface area (Å²) in [7, 11) is 0. The molecule has 0 spiro atoms. The summed E-state index contributed by atoms with van der Waals surface area (Å²) in [6.45, 7) is 2.20. The lowest BCUT2D eigenvalue weighted by molar-refractivity contribution is 0.370. The van der Waals surface area contributed by atoms with Crippen LogP contribution in [0.15, 0.2) is 41.1 Å². The summed E-state index contributed by atoms with van der Waals surface area (Å²) in [6, 6.07) is 8.91. The third kappa shape index (κ3) is 2.35. The van der Waals surface area contributed by atoms with Gasteiger partial charge in [0.05, 0.1) is 0 Å². The minimum absolute atomic E-state index is 0.572. The summed E-state index contributed by atoms with van der Waals surface area (Å²) in [4.78, 5) is 4.52. The fraction of sp³-hybridized carbons (Fsp3) is 0.357. The van der Waals surface area contributed by atoms with E-state index in [1.54, 1.807) is 0 Å². The number of benzene rings is 1. The van der Waals surface area contributed by atoms with Gasteiger partial charge in [-0.1, -0.05) is 28.1 Å². The Labute approximate surface area is 115 Å². The molecule has 0 radical (unpaired) electrons. The first-order chi connectivity index (χ1) is 8.84. The molecule has 0 amide bonds. The van der Waals surface area contributed by atoms with Crippen LogP contribution in [-0.4, -0.2) is 22.6 Å². The number of hydrogen-bond donors (Lipinski definition) is 1. The van der Waals surface area contributed by atoms with Crippen molar-refractivity contribution in [3.8, 4) is 11.4 Å². The predicted octanol–water partition coefficient (Wildman–Crippen LogP) is 3.24. The molecule has 0 atom stereocenters. The standard InChI is InChI=1S/C14H16BrN3/c15-12-3-1-2-11(10-12)14-17-8-9-18(14)13-4-6-16-7-5-13/h1-3,8-10,13,16H,4-7H2. The van der Waals surface area contributed by atoms with E-state index < -0.39 is 0 Å². The predicted molar refractivity (Wildman–Crippen MR) is 76.5 cm³/mol. The van der Waals surface area contributed by atoms with Gasteiger partial charge in [-0.15, -0.1) is 0 Å². The molecule has 3 nitrogen and oxygen atoms in total. The zero-order chi connectivity index (χ0) is 12.4. The Morgan fingerprint density at radius 1 is 1.28 bits per heavy atom. The quantitative estimate of drug-likeness (QED) is 0.923. The molecule has 4 heteroatoms. The van der Waals surface area contributed by atoms with Gasteiger partial charge in [-0.05, 0) is 38.1 Å². The maximum absolute atomic E-state index is 4.52. The van der Waals surface area contributed by atoms with Crippen molar-refractivity contribution in [1.82, 2.24) is 14.9 Å². The number of rotatable bonds is 2. The lowest BCUT2D eigenvalue weighted by atomic mass is 10.1. The van der Waals surface area contributed by atoms with Gasteiger partial charge in [0, 0.05) is 28.5 Å². The number of piperidine rings is 1. The lowest BCUT2D eigenvalue weighted by Crippen LogP contribution is -2.29. The topological polar surface area (TPSA) is 29.9 Å². The molecule has 2 heterocycles. The molecule has 0 bridgehead atoms. The van der Waals surface area contributed by atoms with E-state index in [4.69, 9.17) is 0 Å². The first kappa shape index (κ1) is 11.9. The van der Waals surface area contributed by atoms with Gasteiger partial charge >= 0.3 is 0 Å². The Kier molecular flexibility index (Phi) is 3.48. The first-order valence-corrected chi connectivity index (χ1v) is 7.13. The summed E-state index contributed by atoms with van der Waals surface area (Å²) in [5.74, 6) is 1.07. The van der Waals surface area contributed by atoms with E-state index in [-0.39, 0.29) is 0 Å². The number of hydrogen-bond acceptors (Lipinski definition) is 2. The second-order valence-corrected chi connectivity index (χ2v) is 5.57. The van der Waals surface area contributed by atoms with Crippen LogP contribution in [0.1, 0.15) is 18.9 Å². The molecule has 18 heavy (non-hydrogen) atoms. The molecular weight excluding hydrogens is 290 g/mol. The van der Waals surface area contributed by atoms with E-state index in [0.717, 1.165) is 23.4 Å². The van der Waals surface area contributed by atoms with Crippen molar-refractivity contribution < 1.29 is 0 Å². The Morgan fingerprint density at radius 2 is 2.11 bits per heavy atom. The van der Waals surface area contributed by atoms with Gasteiger partial charge in [-0.3, -0.25) is 0 Å². The van der Waals surface area contributed by atoms with Gasteiger partial charge in [0.15, 0.2) is 0 Å². The lowest BCUT2D eigenvalue weighted by Gasteiger charge is -2.25. The van der Waals surface area contributed by atoms with Crippen LogP contribution in [-0.2, 0) is 0 Å². The molecule has 1 aromatic carbocycles. The highest BCUT2D eigenvalue weighted by Gasteiger charge is 2.18. The first-order valence-electron chi connectivity index (χ1n) is 6.34. The van der Waals surface area contributed by atoms with Crippen molar-refractivity contribution in [2.75, 3.05) is 13.1 Å². The van der Waals surface area contributed by atoms with Crippen LogP contribution < -0.4 is 5.32 Å². The van der Waals surface area contributed by atoms with Gasteiger partial charge in [-0.2, -0.15) is 0 Å². The normalized spacial score (nSPS) is 16.9. The van der Waals surface area contributed by atoms with Crippen molar-refractivity contribution in [3.05, 3.63) is 41.1 Å². The molecule has 1 N–H and O–H groups in total. The van der Waals surface area contributed by atoms with Crippen LogP contribution in [0.25, 0.3) is 11.4 Å². The van der Waals surface area contributed by atoms with Crippen LogP contribution in [0.4, 0.5) is 0 Å². The highest BCUT2D eigenvalue weighted by molar-refractivity contribution is 9.10. The number of aromatic nitrogens is 2. The molecule has 1 saturated heterocycles. The fourth-order valence-electron chi connectivity index (χ4n) is 2.54. The highest BCUT2D eigenvalue weighted by atomic mass is 79.9. The average Bonchev–Trinajstić information content (AvgIpc) is 2.89. The monoisotopic (exact) mass is 305 g/mol. The van der Waals surface area contributed by atoms with Gasteiger partial charge < -0.3 is 9.88 Å². The fourth-order valence-corrected chi connectivity index (χ4v) is 2.94. The van der Waals surface area contributed by atoms with E-state index in [0.29, 0.717) is 6.04 Å². The molecular formula is C14H16BrN3. The summed E-state index contributed by atoms with van der Waals surface area (Å²) in [5, 5.41) is 3.40. The summed E-state index contributed by atoms with van der Waals surface area (Å²) in [5.41, 5.74) is 1.17. The van der Waals surface area contributed by atoms with E-state index in [1.165, 1.54) is 18.4 Å². The van der Waals surface area contributed by atoms with E-state index in [9.17, 15) is 0 Å². The van der Waals surface area contributed by atoms with E-state index >= 15 is 0 Å². The maximum Gasteiger partial charge on any atom is 0.140 e. The largest absolute Gasteiger partial charge is 0.328 e. The smallest absolute Gasteiger partial charge is 0.140 e. The summed E-state index contributed by atoms with van der Waals surface area (Å²) in [6.07, 6.45) is 6.36.